The molecule has 0 radical (unpaired) electrons. The lowest BCUT2D eigenvalue weighted by Crippen LogP contribution is -2.42. The zero-order valence-corrected chi connectivity index (χ0v) is 20.8. The van der Waals surface area contributed by atoms with Crippen LogP contribution in [-0.2, 0) is 0 Å². The number of hydrogen-bond acceptors (Lipinski definition) is 1. The van der Waals surface area contributed by atoms with Gasteiger partial charge in [-0.15, -0.1) is 0 Å². The fourth-order valence-electron chi connectivity index (χ4n) is 6.06. The predicted molar refractivity (Wildman–Crippen MR) is 158 cm³/mol. The van der Waals surface area contributed by atoms with Gasteiger partial charge in [0.1, 0.15) is 5.82 Å². The van der Waals surface area contributed by atoms with Crippen LogP contribution in [0.25, 0.3) is 49.8 Å². The van der Waals surface area contributed by atoms with Gasteiger partial charge in [-0.05, 0) is 52.8 Å². The van der Waals surface area contributed by atoms with Crippen LogP contribution >= 0.6 is 0 Å². The molecule has 1 aliphatic heterocycles. The second-order valence-corrected chi connectivity index (χ2v) is 9.89. The Morgan fingerprint density at radius 3 is 2.11 bits per heavy atom. The van der Waals surface area contributed by atoms with Gasteiger partial charge in [0.25, 0.3) is 0 Å². The molecule has 0 spiro atoms. The van der Waals surface area contributed by atoms with E-state index in [4.69, 9.17) is 0 Å². The Kier molecular flexibility index (Phi) is 4.58. The molecule has 1 aliphatic rings. The smallest absolute Gasteiger partial charge is 0.119 e. The minimum atomic E-state index is 0.771. The summed E-state index contributed by atoms with van der Waals surface area (Å²) in [5.41, 5.74) is 7.37. The van der Waals surface area contributed by atoms with Crippen molar-refractivity contribution < 1.29 is 0 Å². The van der Waals surface area contributed by atoms with Gasteiger partial charge in [-0.1, -0.05) is 91.0 Å². The summed E-state index contributed by atoms with van der Waals surface area (Å²) in [5, 5.41) is 10.1. The number of fused-ring (bicyclic) bond motifs is 5. The van der Waals surface area contributed by atoms with E-state index in [1.54, 1.807) is 0 Å². The van der Waals surface area contributed by atoms with Gasteiger partial charge < -0.3 is 9.88 Å². The van der Waals surface area contributed by atoms with E-state index in [-0.39, 0.29) is 0 Å². The minimum absolute atomic E-state index is 0.771. The Balaban J connectivity index is 1.50. The first-order valence-electron chi connectivity index (χ1n) is 13.1. The van der Waals surface area contributed by atoms with Gasteiger partial charge in [0, 0.05) is 39.8 Å². The third kappa shape index (κ3) is 3.09. The third-order valence-corrected chi connectivity index (χ3v) is 7.80. The highest BCUT2D eigenvalue weighted by Gasteiger charge is 2.19. The third-order valence-electron chi connectivity index (χ3n) is 7.80. The largest absolute Gasteiger partial charge is 0.367 e. The van der Waals surface area contributed by atoms with E-state index >= 15 is 0 Å². The summed E-state index contributed by atoms with van der Waals surface area (Å²) in [6.45, 7) is 0.771. The molecule has 0 saturated carbocycles. The van der Waals surface area contributed by atoms with E-state index in [2.05, 4.69) is 148 Å². The SMILES string of the molecule is c1ccc(C2=c3ccccc3=C(n3c4ccccc4c4cc5ccn(-c6ccccc6)c5cc43)NC2)cc1. The van der Waals surface area contributed by atoms with Gasteiger partial charge in [-0.25, -0.2) is 0 Å². The maximum Gasteiger partial charge on any atom is 0.119 e. The molecule has 1 N–H and O–H groups in total. The molecule has 3 heteroatoms. The molecule has 2 aromatic heterocycles. The predicted octanol–water partition coefficient (Wildman–Crippen LogP) is 6.15. The van der Waals surface area contributed by atoms with Crippen LogP contribution in [0.15, 0.2) is 134 Å². The van der Waals surface area contributed by atoms with Gasteiger partial charge in [0.15, 0.2) is 0 Å². The number of para-hydroxylation sites is 2. The van der Waals surface area contributed by atoms with Gasteiger partial charge in [0.05, 0.1) is 16.6 Å². The van der Waals surface area contributed by atoms with Crippen LogP contribution in [0.3, 0.4) is 0 Å². The normalized spacial score (nSPS) is 13.3. The molecule has 0 saturated heterocycles. The standard InChI is InChI=1S/C35H25N3/c1-3-11-24(12-4-1)31-23-36-35(29-17-8-7-15-27(29)31)38-32-18-10-9-16-28(32)30-21-25-19-20-37(33(25)22-34(30)38)26-13-5-2-6-14-26/h1-22,36H,23H2. The fourth-order valence-corrected chi connectivity index (χ4v) is 6.06. The lowest BCUT2D eigenvalue weighted by atomic mass is 9.99. The molecule has 180 valence electrons. The molecule has 8 rings (SSSR count). The second-order valence-electron chi connectivity index (χ2n) is 9.89. The number of aromatic nitrogens is 2. The summed E-state index contributed by atoms with van der Waals surface area (Å²) in [6.07, 6.45) is 2.17. The van der Waals surface area contributed by atoms with Gasteiger partial charge >= 0.3 is 0 Å². The minimum Gasteiger partial charge on any atom is -0.367 e. The van der Waals surface area contributed by atoms with Crippen molar-refractivity contribution in [1.29, 1.82) is 0 Å². The van der Waals surface area contributed by atoms with Crippen molar-refractivity contribution in [2.24, 2.45) is 0 Å². The fraction of sp³-hybridized carbons (Fsp3) is 0.0286. The first-order valence-corrected chi connectivity index (χ1v) is 13.1. The Bertz CT molecular complexity index is 2110. The van der Waals surface area contributed by atoms with Crippen LogP contribution in [0, 0.1) is 0 Å². The molecular weight excluding hydrogens is 462 g/mol. The number of rotatable bonds is 3. The lowest BCUT2D eigenvalue weighted by molar-refractivity contribution is 0.911. The number of benzene rings is 5. The van der Waals surface area contributed by atoms with E-state index in [0.717, 1.165) is 12.4 Å². The molecule has 5 aromatic carbocycles. The summed E-state index contributed by atoms with van der Waals surface area (Å²) >= 11 is 0. The van der Waals surface area contributed by atoms with Crippen molar-refractivity contribution in [3.63, 3.8) is 0 Å². The molecule has 3 heterocycles. The Morgan fingerprint density at radius 2 is 1.26 bits per heavy atom. The molecule has 0 aliphatic carbocycles. The Labute approximate surface area is 220 Å². The van der Waals surface area contributed by atoms with Crippen molar-refractivity contribution in [1.82, 2.24) is 14.5 Å². The maximum absolute atomic E-state index is 3.83. The molecule has 0 fully saturated rings. The van der Waals surface area contributed by atoms with Crippen LogP contribution in [-0.4, -0.2) is 15.7 Å². The summed E-state index contributed by atoms with van der Waals surface area (Å²) in [7, 11) is 0. The van der Waals surface area contributed by atoms with E-state index < -0.39 is 0 Å². The van der Waals surface area contributed by atoms with Crippen molar-refractivity contribution in [3.8, 4) is 5.69 Å². The first kappa shape index (κ1) is 21.1. The molecule has 0 bridgehead atoms. The summed E-state index contributed by atoms with van der Waals surface area (Å²) in [6, 6.07) is 45.7. The molecular formula is C35H25N3. The molecule has 0 amide bonds. The van der Waals surface area contributed by atoms with Crippen LogP contribution in [0.1, 0.15) is 5.56 Å². The van der Waals surface area contributed by atoms with Gasteiger partial charge in [-0.2, -0.15) is 0 Å². The van der Waals surface area contributed by atoms with Crippen molar-refractivity contribution in [2.45, 2.75) is 0 Å². The first-order chi connectivity index (χ1) is 18.9. The van der Waals surface area contributed by atoms with Crippen molar-refractivity contribution in [3.05, 3.63) is 150 Å². The molecule has 38 heavy (non-hydrogen) atoms. The van der Waals surface area contributed by atoms with Gasteiger partial charge in [-0.3, -0.25) is 4.57 Å². The van der Waals surface area contributed by atoms with Crippen LogP contribution in [0.5, 0.6) is 0 Å². The molecule has 3 nitrogen and oxygen atoms in total. The van der Waals surface area contributed by atoms with Crippen LogP contribution in [0.2, 0.25) is 0 Å². The Morgan fingerprint density at radius 1 is 0.553 bits per heavy atom. The number of nitrogens with one attached hydrogen (secondary N) is 1. The summed E-state index contributed by atoms with van der Waals surface area (Å²) < 4.78 is 4.71. The summed E-state index contributed by atoms with van der Waals surface area (Å²) in [5.74, 6) is 1.13. The lowest BCUT2D eigenvalue weighted by Gasteiger charge is -2.22. The Hall–Kier alpha value is -5.02. The topological polar surface area (TPSA) is 21.9 Å². The average Bonchev–Trinajstić information content (AvgIpc) is 3.55. The van der Waals surface area contributed by atoms with Crippen molar-refractivity contribution >= 4 is 44.1 Å². The van der Waals surface area contributed by atoms with E-state index in [9.17, 15) is 0 Å². The van der Waals surface area contributed by atoms with E-state index in [0.29, 0.717) is 0 Å². The molecule has 0 unspecified atom stereocenters. The maximum atomic E-state index is 3.83. The molecule has 7 aromatic rings. The van der Waals surface area contributed by atoms with Crippen LogP contribution in [0.4, 0.5) is 0 Å². The van der Waals surface area contributed by atoms with Crippen LogP contribution < -0.4 is 15.8 Å². The van der Waals surface area contributed by atoms with E-state index in [1.807, 2.05) is 0 Å². The van der Waals surface area contributed by atoms with E-state index in [1.165, 1.54) is 60.0 Å². The quantitative estimate of drug-likeness (QED) is 0.317. The highest BCUT2D eigenvalue weighted by atomic mass is 15.1. The highest BCUT2D eigenvalue weighted by molar-refractivity contribution is 6.14. The number of nitrogens with zero attached hydrogens (tertiary/aromatic N) is 2. The average molecular weight is 488 g/mol. The number of hydrogen-bond donors (Lipinski definition) is 1. The zero-order chi connectivity index (χ0) is 25.1. The van der Waals surface area contributed by atoms with Gasteiger partial charge in [0.2, 0.25) is 0 Å². The summed E-state index contributed by atoms with van der Waals surface area (Å²) in [4.78, 5) is 0. The zero-order valence-electron chi connectivity index (χ0n) is 20.8. The highest BCUT2D eigenvalue weighted by Crippen LogP contribution is 2.35. The second kappa shape index (κ2) is 8.25. The monoisotopic (exact) mass is 487 g/mol. The molecule has 0 atom stereocenters. The van der Waals surface area contributed by atoms with Crippen molar-refractivity contribution in [2.75, 3.05) is 6.54 Å².